The molecule has 1 unspecified atom stereocenters. The van der Waals surface area contributed by atoms with E-state index in [1.165, 1.54) is 66.7 Å². The van der Waals surface area contributed by atoms with Gasteiger partial charge in [0.1, 0.15) is 6.10 Å². The molecule has 0 spiro atoms. The van der Waals surface area contributed by atoms with Crippen LogP contribution in [0.5, 0.6) is 0 Å². The van der Waals surface area contributed by atoms with Gasteiger partial charge in [0.15, 0.2) is 0 Å². The highest BCUT2D eigenvalue weighted by Crippen LogP contribution is 2.49. The predicted octanol–water partition coefficient (Wildman–Crippen LogP) is 4.79. The number of aliphatic hydroxyl groups excluding tert-OH is 1. The molecule has 1 N–H and O–H groups in total. The monoisotopic (exact) mass is 508 g/mol. The van der Waals surface area contributed by atoms with Crippen LogP contribution < -0.4 is 0 Å². The first kappa shape index (κ1) is 23.0. The first-order chi connectivity index (χ1) is 15.1. The molecule has 32 heavy (non-hydrogen) atoms. The summed E-state index contributed by atoms with van der Waals surface area (Å²) < 4.78 is 52.9. The van der Waals surface area contributed by atoms with Gasteiger partial charge in [-0.25, -0.2) is 16.8 Å². The summed E-state index contributed by atoms with van der Waals surface area (Å²) in [6.45, 7) is 0. The maximum Gasteiger partial charge on any atom is 0.215 e. The first-order valence-corrected chi connectivity index (χ1v) is 13.3. The van der Waals surface area contributed by atoms with Gasteiger partial charge in [-0.05, 0) is 47.5 Å². The van der Waals surface area contributed by atoms with Crippen LogP contribution >= 0.6 is 23.2 Å². The number of allylic oxidation sites excluding steroid dienone is 1. The molecular weight excluding hydrogens is 491 g/mol. The summed E-state index contributed by atoms with van der Waals surface area (Å²) in [5.41, 5.74) is 0.544. The standard InChI is InChI=1S/C23H18Cl2O5S2/c24-20-12-11-16(15-21(20)25)19-13-14-23(22(19)26,31(27,28)17-7-3-1-4-8-17)32(29,30)18-9-5-2-6-10-18/h1-13,15,22,26H,14H2. The lowest BCUT2D eigenvalue weighted by atomic mass is 10.0. The van der Waals surface area contributed by atoms with Crippen LogP contribution in [0.3, 0.4) is 0 Å². The summed E-state index contributed by atoms with van der Waals surface area (Å²) in [6.07, 6.45) is -0.862. The van der Waals surface area contributed by atoms with Crippen LogP contribution in [0.1, 0.15) is 12.0 Å². The molecule has 0 fully saturated rings. The van der Waals surface area contributed by atoms with Crippen molar-refractivity contribution in [1.29, 1.82) is 0 Å². The Labute approximate surface area is 196 Å². The molecule has 1 atom stereocenters. The molecule has 9 heteroatoms. The minimum atomic E-state index is -4.56. The van der Waals surface area contributed by atoms with Crippen molar-refractivity contribution in [2.45, 2.75) is 26.4 Å². The van der Waals surface area contributed by atoms with Gasteiger partial charge in [-0.1, -0.05) is 71.7 Å². The predicted molar refractivity (Wildman–Crippen MR) is 125 cm³/mol. The van der Waals surface area contributed by atoms with E-state index in [9.17, 15) is 21.9 Å². The van der Waals surface area contributed by atoms with Crippen molar-refractivity contribution in [1.82, 2.24) is 0 Å². The SMILES string of the molecule is O=S(=O)(c1ccccc1)C1(S(=O)(=O)c2ccccc2)CC=C(c2ccc(Cl)c(Cl)c2)C1O. The molecular formula is C23H18Cl2O5S2. The highest BCUT2D eigenvalue weighted by atomic mass is 35.5. The van der Waals surface area contributed by atoms with E-state index >= 15 is 0 Å². The molecule has 5 nitrogen and oxygen atoms in total. The molecule has 0 heterocycles. The third kappa shape index (κ3) is 3.40. The number of hydrogen-bond donors (Lipinski definition) is 1. The van der Waals surface area contributed by atoms with Gasteiger partial charge in [0.2, 0.25) is 23.8 Å². The van der Waals surface area contributed by atoms with E-state index in [2.05, 4.69) is 0 Å². The molecule has 4 rings (SSSR count). The molecule has 166 valence electrons. The number of halogens is 2. The Kier molecular flexibility index (Phi) is 5.98. The Morgan fingerprint density at radius 2 is 1.25 bits per heavy atom. The van der Waals surface area contributed by atoms with Gasteiger partial charge < -0.3 is 5.11 Å². The molecule has 0 amide bonds. The van der Waals surface area contributed by atoms with Crippen LogP contribution in [0.4, 0.5) is 0 Å². The lowest BCUT2D eigenvalue weighted by Gasteiger charge is -2.33. The second-order valence-corrected chi connectivity index (χ2v) is 12.8. The van der Waals surface area contributed by atoms with Gasteiger partial charge in [0, 0.05) is 6.42 Å². The number of rotatable bonds is 5. The molecule has 3 aromatic carbocycles. The van der Waals surface area contributed by atoms with Crippen molar-refractivity contribution in [3.05, 3.63) is 101 Å². The van der Waals surface area contributed by atoms with Crippen molar-refractivity contribution in [2.24, 2.45) is 0 Å². The Bertz CT molecular complexity index is 1330. The van der Waals surface area contributed by atoms with E-state index in [1.807, 2.05) is 0 Å². The van der Waals surface area contributed by atoms with Crippen LogP contribution in [0.25, 0.3) is 5.57 Å². The third-order valence-corrected chi connectivity index (χ3v) is 12.0. The van der Waals surface area contributed by atoms with Crippen molar-refractivity contribution >= 4 is 48.4 Å². The topological polar surface area (TPSA) is 88.5 Å². The summed E-state index contributed by atoms with van der Waals surface area (Å²) in [7, 11) is -9.13. The van der Waals surface area contributed by atoms with Crippen LogP contribution in [0, 0.1) is 0 Å². The van der Waals surface area contributed by atoms with Gasteiger partial charge in [-0.3, -0.25) is 0 Å². The van der Waals surface area contributed by atoms with Crippen molar-refractivity contribution in [3.8, 4) is 0 Å². The van der Waals surface area contributed by atoms with E-state index in [0.717, 1.165) is 0 Å². The van der Waals surface area contributed by atoms with Crippen molar-refractivity contribution in [3.63, 3.8) is 0 Å². The smallest absolute Gasteiger partial charge is 0.215 e. The normalized spacial score (nSPS) is 18.3. The molecule has 1 aliphatic rings. The molecule has 0 aliphatic heterocycles. The van der Waals surface area contributed by atoms with E-state index in [1.54, 1.807) is 18.2 Å². The Hall–Kier alpha value is -2.16. The zero-order valence-electron chi connectivity index (χ0n) is 16.5. The highest BCUT2D eigenvalue weighted by molar-refractivity contribution is 8.10. The summed E-state index contributed by atoms with van der Waals surface area (Å²) in [4.78, 5) is -0.385. The summed E-state index contributed by atoms with van der Waals surface area (Å²) >= 11 is 12.1. The number of sulfone groups is 2. The number of hydrogen-bond acceptors (Lipinski definition) is 5. The Balaban J connectivity index is 1.96. The fourth-order valence-electron chi connectivity index (χ4n) is 3.92. The van der Waals surface area contributed by atoms with E-state index in [-0.39, 0.29) is 25.4 Å². The van der Waals surface area contributed by atoms with Crippen molar-refractivity contribution < 1.29 is 21.9 Å². The van der Waals surface area contributed by atoms with E-state index in [0.29, 0.717) is 5.56 Å². The maximum atomic E-state index is 13.9. The molecule has 3 aromatic rings. The molecule has 0 bridgehead atoms. The molecule has 0 aromatic heterocycles. The highest BCUT2D eigenvalue weighted by Gasteiger charge is 2.63. The van der Waals surface area contributed by atoms with Crippen LogP contribution in [-0.4, -0.2) is 32.1 Å². The van der Waals surface area contributed by atoms with Crippen molar-refractivity contribution in [2.75, 3.05) is 0 Å². The molecule has 0 radical (unpaired) electrons. The van der Waals surface area contributed by atoms with Gasteiger partial charge in [0.05, 0.1) is 19.8 Å². The third-order valence-electron chi connectivity index (χ3n) is 5.59. The largest absolute Gasteiger partial charge is 0.386 e. The van der Waals surface area contributed by atoms with Gasteiger partial charge in [-0.15, -0.1) is 0 Å². The van der Waals surface area contributed by atoms with Gasteiger partial charge in [0.25, 0.3) is 0 Å². The molecule has 0 saturated heterocycles. The maximum absolute atomic E-state index is 13.9. The van der Waals surface area contributed by atoms with Crippen LogP contribution in [0.2, 0.25) is 10.0 Å². The summed E-state index contributed by atoms with van der Waals surface area (Å²) in [5.74, 6) is 0. The second kappa shape index (κ2) is 8.32. The first-order valence-electron chi connectivity index (χ1n) is 9.56. The van der Waals surface area contributed by atoms with Crippen LogP contribution in [0.15, 0.2) is 94.7 Å². The minimum Gasteiger partial charge on any atom is -0.386 e. The van der Waals surface area contributed by atoms with Gasteiger partial charge >= 0.3 is 0 Å². The second-order valence-electron chi connectivity index (χ2n) is 7.34. The van der Waals surface area contributed by atoms with Gasteiger partial charge in [-0.2, -0.15) is 0 Å². The number of benzene rings is 3. The lowest BCUT2D eigenvalue weighted by Crippen LogP contribution is -2.53. The zero-order valence-corrected chi connectivity index (χ0v) is 19.7. The zero-order chi connectivity index (χ0) is 23.1. The quantitative estimate of drug-likeness (QED) is 0.535. The van der Waals surface area contributed by atoms with Crippen LogP contribution in [-0.2, 0) is 19.7 Å². The fourth-order valence-corrected chi connectivity index (χ4v) is 9.23. The minimum absolute atomic E-state index is 0.155. The number of aliphatic hydroxyl groups is 1. The average Bonchev–Trinajstić information content (AvgIpc) is 3.16. The lowest BCUT2D eigenvalue weighted by molar-refractivity contribution is 0.217. The summed E-state index contributed by atoms with van der Waals surface area (Å²) in [5, 5.41) is 11.9. The van der Waals surface area contributed by atoms with E-state index < -0.39 is 36.3 Å². The molecule has 1 aliphatic carbocycles. The average molecular weight is 509 g/mol. The Morgan fingerprint density at radius 3 is 1.72 bits per heavy atom. The fraction of sp³-hybridized carbons (Fsp3) is 0.130. The Morgan fingerprint density at radius 1 is 0.750 bits per heavy atom. The molecule has 0 saturated carbocycles. The summed E-state index contributed by atoms with van der Waals surface area (Å²) in [6, 6.07) is 19.1. The van der Waals surface area contributed by atoms with E-state index in [4.69, 9.17) is 23.2 Å².